The van der Waals surface area contributed by atoms with E-state index in [9.17, 15) is 10.1 Å². The fraction of sp³-hybridized carbons (Fsp3) is 0.368. The number of aromatic nitrogens is 3. The fourth-order valence-corrected chi connectivity index (χ4v) is 3.99. The molecule has 1 aliphatic heterocycles. The molecule has 7 heteroatoms. The summed E-state index contributed by atoms with van der Waals surface area (Å²) in [6, 6.07) is 5.05. The molecule has 0 aliphatic carbocycles. The van der Waals surface area contributed by atoms with Crippen molar-refractivity contribution in [3.63, 3.8) is 0 Å². The monoisotopic (exact) mass is 351 g/mol. The molecule has 0 bridgehead atoms. The van der Waals surface area contributed by atoms with Gasteiger partial charge in [0.05, 0.1) is 28.5 Å². The van der Waals surface area contributed by atoms with Crippen LogP contribution >= 0.6 is 0 Å². The summed E-state index contributed by atoms with van der Waals surface area (Å²) in [6.07, 6.45) is 8.29. The van der Waals surface area contributed by atoms with Crippen LogP contribution in [-0.2, 0) is 0 Å². The quantitative estimate of drug-likeness (QED) is 0.530. The zero-order valence-electron chi connectivity index (χ0n) is 14.9. The van der Waals surface area contributed by atoms with Gasteiger partial charge in [-0.25, -0.2) is 4.98 Å². The molecule has 0 spiro atoms. The lowest BCUT2D eigenvalue weighted by molar-refractivity contribution is -0.384. The molecule has 3 heterocycles. The van der Waals surface area contributed by atoms with Gasteiger partial charge in [0, 0.05) is 43.2 Å². The maximum atomic E-state index is 11.3. The zero-order chi connectivity index (χ0) is 18.3. The topological polar surface area (TPSA) is 76.6 Å². The molecule has 0 saturated carbocycles. The molecular formula is C19H21N5O2. The lowest BCUT2D eigenvalue weighted by Gasteiger charge is -2.37. The Labute approximate surface area is 151 Å². The lowest BCUT2D eigenvalue weighted by Crippen LogP contribution is -2.39. The minimum Gasteiger partial charge on any atom is -0.370 e. The highest BCUT2D eigenvalue weighted by Gasteiger charge is 2.26. The van der Waals surface area contributed by atoms with Gasteiger partial charge in [0.25, 0.3) is 5.69 Å². The third-order valence-electron chi connectivity index (χ3n) is 4.98. The third kappa shape index (κ3) is 2.89. The Bertz CT molecular complexity index is 957. The van der Waals surface area contributed by atoms with E-state index in [0.29, 0.717) is 11.8 Å². The number of anilines is 1. The van der Waals surface area contributed by atoms with Crippen LogP contribution in [0.5, 0.6) is 0 Å². The first-order valence-corrected chi connectivity index (χ1v) is 8.83. The Morgan fingerprint density at radius 2 is 1.96 bits per heavy atom. The van der Waals surface area contributed by atoms with Gasteiger partial charge in [0.15, 0.2) is 0 Å². The van der Waals surface area contributed by atoms with Crippen molar-refractivity contribution in [1.82, 2.24) is 14.4 Å². The van der Waals surface area contributed by atoms with Crippen molar-refractivity contribution >= 4 is 16.9 Å². The predicted molar refractivity (Wildman–Crippen MR) is 100 cm³/mol. The summed E-state index contributed by atoms with van der Waals surface area (Å²) >= 11 is 0. The third-order valence-corrected chi connectivity index (χ3v) is 4.98. The number of rotatable bonds is 3. The van der Waals surface area contributed by atoms with Gasteiger partial charge in [0.1, 0.15) is 5.82 Å². The number of hydrogen-bond acceptors (Lipinski definition) is 5. The number of piperidine rings is 1. The van der Waals surface area contributed by atoms with E-state index in [1.165, 1.54) is 6.42 Å². The number of non-ortho nitro benzene ring substituents is 1. The minimum atomic E-state index is -0.336. The van der Waals surface area contributed by atoms with Gasteiger partial charge in [-0.1, -0.05) is 13.8 Å². The van der Waals surface area contributed by atoms with Crippen LogP contribution in [0.2, 0.25) is 0 Å². The summed E-state index contributed by atoms with van der Waals surface area (Å²) in [5, 5.41) is 11.3. The van der Waals surface area contributed by atoms with Gasteiger partial charge in [0.2, 0.25) is 0 Å². The minimum absolute atomic E-state index is 0.108. The van der Waals surface area contributed by atoms with Crippen molar-refractivity contribution in [3.8, 4) is 11.4 Å². The maximum Gasteiger partial charge on any atom is 0.271 e. The molecule has 134 valence electrons. The van der Waals surface area contributed by atoms with Gasteiger partial charge >= 0.3 is 0 Å². The molecule has 1 aliphatic rings. The summed E-state index contributed by atoms with van der Waals surface area (Å²) in [6.45, 7) is 6.25. The molecule has 0 unspecified atom stereocenters. The number of imidazole rings is 1. The molecule has 1 fully saturated rings. The van der Waals surface area contributed by atoms with Crippen molar-refractivity contribution < 1.29 is 4.92 Å². The van der Waals surface area contributed by atoms with Crippen molar-refractivity contribution in [1.29, 1.82) is 0 Å². The summed E-state index contributed by atoms with van der Waals surface area (Å²) in [4.78, 5) is 22.0. The number of benzene rings is 1. The van der Waals surface area contributed by atoms with Gasteiger partial charge < -0.3 is 4.90 Å². The van der Waals surface area contributed by atoms with E-state index in [1.807, 2.05) is 16.7 Å². The summed E-state index contributed by atoms with van der Waals surface area (Å²) < 4.78 is 1.97. The van der Waals surface area contributed by atoms with E-state index in [4.69, 9.17) is 0 Å². The Kier molecular flexibility index (Phi) is 4.06. The van der Waals surface area contributed by atoms with E-state index in [0.717, 1.165) is 35.7 Å². The van der Waals surface area contributed by atoms with E-state index in [2.05, 4.69) is 28.7 Å². The summed E-state index contributed by atoms with van der Waals surface area (Å²) in [5.41, 5.74) is 2.79. The number of hydrogen-bond donors (Lipinski definition) is 0. The molecule has 7 nitrogen and oxygen atoms in total. The van der Waals surface area contributed by atoms with Gasteiger partial charge in [-0.2, -0.15) is 0 Å². The molecule has 2 aromatic heterocycles. The van der Waals surface area contributed by atoms with Crippen molar-refractivity contribution in [2.24, 2.45) is 11.8 Å². The molecule has 26 heavy (non-hydrogen) atoms. The highest BCUT2D eigenvalue weighted by Crippen LogP contribution is 2.36. The van der Waals surface area contributed by atoms with Gasteiger partial charge in [-0.05, 0) is 24.3 Å². The average molecular weight is 351 g/mol. The van der Waals surface area contributed by atoms with Crippen molar-refractivity contribution in [2.75, 3.05) is 18.0 Å². The second-order valence-corrected chi connectivity index (χ2v) is 7.26. The fourth-order valence-electron chi connectivity index (χ4n) is 3.99. The summed E-state index contributed by atoms with van der Waals surface area (Å²) in [7, 11) is 0. The zero-order valence-corrected chi connectivity index (χ0v) is 14.9. The van der Waals surface area contributed by atoms with Crippen LogP contribution in [0.15, 0.2) is 43.0 Å². The number of nitro benzene ring substituents is 1. The van der Waals surface area contributed by atoms with Crippen molar-refractivity contribution in [2.45, 2.75) is 20.3 Å². The van der Waals surface area contributed by atoms with E-state index in [-0.39, 0.29) is 10.6 Å². The Morgan fingerprint density at radius 3 is 2.69 bits per heavy atom. The molecule has 4 rings (SSSR count). The van der Waals surface area contributed by atoms with Gasteiger partial charge in [-0.3, -0.25) is 19.5 Å². The largest absolute Gasteiger partial charge is 0.370 e. The molecule has 3 aromatic rings. The van der Waals surface area contributed by atoms with Gasteiger partial charge in [-0.15, -0.1) is 0 Å². The van der Waals surface area contributed by atoms with Crippen LogP contribution < -0.4 is 4.90 Å². The highest BCUT2D eigenvalue weighted by atomic mass is 16.6. The normalized spacial score (nSPS) is 20.5. The second-order valence-electron chi connectivity index (χ2n) is 7.26. The average Bonchev–Trinajstić information content (AvgIpc) is 3.04. The van der Waals surface area contributed by atoms with Crippen LogP contribution in [0.25, 0.3) is 16.9 Å². The first-order valence-electron chi connectivity index (χ1n) is 8.83. The Morgan fingerprint density at radius 1 is 1.19 bits per heavy atom. The Balaban J connectivity index is 1.87. The Hall–Kier alpha value is -2.96. The number of nitrogens with zero attached hydrogens (tertiary/aromatic N) is 5. The molecule has 1 saturated heterocycles. The predicted octanol–water partition coefficient (Wildman–Crippen LogP) is 3.79. The number of fused-ring (bicyclic) bond motifs is 1. The smallest absolute Gasteiger partial charge is 0.271 e. The highest BCUT2D eigenvalue weighted by molar-refractivity contribution is 5.78. The number of nitro groups is 1. The second kappa shape index (κ2) is 6.40. The molecule has 0 amide bonds. The van der Waals surface area contributed by atoms with Crippen LogP contribution in [0.4, 0.5) is 11.4 Å². The first-order chi connectivity index (χ1) is 12.5. The standard InChI is InChI=1S/C19H21N5O2/c1-13-7-14(2)12-22(11-13)18-8-15(24(25)26)3-4-17(18)19-21-10-16-9-20-5-6-23(16)19/h3-6,8-10,13-14H,7,11-12H2,1-2H3/t13-,14-/m0/s1. The van der Waals surface area contributed by atoms with Crippen LogP contribution in [0, 0.1) is 22.0 Å². The lowest BCUT2D eigenvalue weighted by atomic mass is 9.91. The molecule has 0 N–H and O–H groups in total. The molecule has 1 aromatic carbocycles. The molecular weight excluding hydrogens is 330 g/mol. The maximum absolute atomic E-state index is 11.3. The first kappa shape index (κ1) is 16.5. The van der Waals surface area contributed by atoms with Crippen LogP contribution in [0.1, 0.15) is 20.3 Å². The van der Waals surface area contributed by atoms with E-state index in [1.54, 1.807) is 30.7 Å². The van der Waals surface area contributed by atoms with E-state index < -0.39 is 0 Å². The molecule has 0 radical (unpaired) electrons. The van der Waals surface area contributed by atoms with Crippen LogP contribution in [-0.4, -0.2) is 32.4 Å². The van der Waals surface area contributed by atoms with E-state index >= 15 is 0 Å². The van der Waals surface area contributed by atoms with Crippen LogP contribution in [0.3, 0.4) is 0 Å². The summed E-state index contributed by atoms with van der Waals surface area (Å²) in [5.74, 6) is 1.87. The molecule has 2 atom stereocenters. The SMILES string of the molecule is C[C@H]1C[C@H](C)CN(c2cc([N+](=O)[O-])ccc2-c2ncc3cnccn23)C1. The van der Waals surface area contributed by atoms with Crippen molar-refractivity contribution in [3.05, 3.63) is 53.1 Å².